The zero-order valence-electron chi connectivity index (χ0n) is 9.93. The Balaban J connectivity index is 3.75. The first-order valence-corrected chi connectivity index (χ1v) is 5.05. The number of carbonyl (C=O) groups excluding carboxylic acids is 1. The maximum Gasteiger partial charge on any atom is 0.326 e. The first-order valence-electron chi connectivity index (χ1n) is 5.05. The molecule has 0 saturated heterocycles. The molecule has 0 saturated carbocycles. The van der Waals surface area contributed by atoms with E-state index < -0.39 is 12.0 Å². The lowest BCUT2D eigenvalue weighted by Gasteiger charge is -2.21. The molecular weight excluding hydrogens is 214 g/mol. The Labute approximate surface area is 95.1 Å². The maximum absolute atomic E-state index is 11.5. The Morgan fingerprint density at radius 1 is 1.31 bits per heavy atom. The van der Waals surface area contributed by atoms with Crippen molar-refractivity contribution < 1.29 is 24.2 Å². The van der Waals surface area contributed by atoms with Crippen molar-refractivity contribution in [3.05, 3.63) is 0 Å². The molecule has 1 amide bonds. The van der Waals surface area contributed by atoms with Gasteiger partial charge in [0, 0.05) is 14.2 Å². The van der Waals surface area contributed by atoms with E-state index >= 15 is 0 Å². The molecule has 6 nitrogen and oxygen atoms in total. The van der Waals surface area contributed by atoms with Gasteiger partial charge in [0.05, 0.1) is 26.2 Å². The van der Waals surface area contributed by atoms with E-state index in [1.807, 2.05) is 0 Å². The van der Waals surface area contributed by atoms with Crippen LogP contribution in [0.4, 0.5) is 0 Å². The van der Waals surface area contributed by atoms with Crippen LogP contribution in [0.3, 0.4) is 0 Å². The summed E-state index contributed by atoms with van der Waals surface area (Å²) in [5, 5.41) is 8.70. The Hall–Kier alpha value is -1.14. The summed E-state index contributed by atoms with van der Waals surface area (Å²) in [6.45, 7) is 2.66. The van der Waals surface area contributed by atoms with Gasteiger partial charge in [0.2, 0.25) is 5.91 Å². The molecule has 0 rings (SSSR count). The second-order valence-electron chi connectivity index (χ2n) is 3.37. The van der Waals surface area contributed by atoms with Gasteiger partial charge in [-0.05, 0) is 6.92 Å². The van der Waals surface area contributed by atoms with Crippen LogP contribution in [0.2, 0.25) is 0 Å². The van der Waals surface area contributed by atoms with Gasteiger partial charge >= 0.3 is 5.97 Å². The van der Waals surface area contributed by atoms with E-state index in [2.05, 4.69) is 0 Å². The number of carboxylic acid groups (broad SMARTS) is 1. The number of amides is 1. The second kappa shape index (κ2) is 8.06. The minimum atomic E-state index is -1.02. The van der Waals surface area contributed by atoms with Crippen molar-refractivity contribution in [3.63, 3.8) is 0 Å². The molecule has 1 unspecified atom stereocenters. The molecule has 0 aliphatic heterocycles. The molecule has 1 N–H and O–H groups in total. The topological polar surface area (TPSA) is 76.1 Å². The molecule has 0 aliphatic carbocycles. The van der Waals surface area contributed by atoms with Gasteiger partial charge in [-0.25, -0.2) is 4.79 Å². The first kappa shape index (κ1) is 14.9. The maximum atomic E-state index is 11.5. The van der Waals surface area contributed by atoms with Crippen molar-refractivity contribution in [3.8, 4) is 0 Å². The summed E-state index contributed by atoms with van der Waals surface area (Å²) in [4.78, 5) is 23.3. The summed E-state index contributed by atoms with van der Waals surface area (Å²) >= 11 is 0. The number of likely N-dealkylation sites (N-methyl/N-ethyl adjacent to an activating group) is 1. The third-order valence-corrected chi connectivity index (χ3v) is 2.22. The van der Waals surface area contributed by atoms with Gasteiger partial charge in [0.1, 0.15) is 6.04 Å². The average molecular weight is 233 g/mol. The van der Waals surface area contributed by atoms with Crippen molar-refractivity contribution in [2.24, 2.45) is 0 Å². The molecule has 0 aromatic heterocycles. The summed E-state index contributed by atoms with van der Waals surface area (Å²) in [6.07, 6.45) is 0.178. The second-order valence-corrected chi connectivity index (χ2v) is 3.37. The highest BCUT2D eigenvalue weighted by atomic mass is 16.5. The minimum absolute atomic E-state index is 0.178. The highest BCUT2D eigenvalue weighted by molar-refractivity contribution is 5.83. The Kier molecular flexibility index (Phi) is 7.49. The number of rotatable bonds is 8. The minimum Gasteiger partial charge on any atom is -0.480 e. The lowest BCUT2D eigenvalue weighted by atomic mass is 10.3. The smallest absolute Gasteiger partial charge is 0.326 e. The van der Waals surface area contributed by atoms with Crippen LogP contribution in [0.25, 0.3) is 0 Å². The van der Waals surface area contributed by atoms with Gasteiger partial charge in [-0.1, -0.05) is 0 Å². The lowest BCUT2D eigenvalue weighted by Crippen LogP contribution is -2.40. The van der Waals surface area contributed by atoms with E-state index in [-0.39, 0.29) is 18.9 Å². The summed E-state index contributed by atoms with van der Waals surface area (Å²) in [6, 6.07) is -0.813. The van der Waals surface area contributed by atoms with Crippen molar-refractivity contribution >= 4 is 11.9 Å². The number of ether oxygens (including phenoxy) is 2. The van der Waals surface area contributed by atoms with Crippen LogP contribution in [-0.4, -0.2) is 61.9 Å². The van der Waals surface area contributed by atoms with E-state index in [0.717, 1.165) is 0 Å². The number of hydrogen-bond acceptors (Lipinski definition) is 4. The van der Waals surface area contributed by atoms with Crippen LogP contribution >= 0.6 is 0 Å². The number of hydrogen-bond donors (Lipinski definition) is 1. The number of carbonyl (C=O) groups is 2. The van der Waals surface area contributed by atoms with Crippen LogP contribution < -0.4 is 0 Å². The van der Waals surface area contributed by atoms with Crippen LogP contribution in [-0.2, 0) is 19.1 Å². The van der Waals surface area contributed by atoms with E-state index in [0.29, 0.717) is 13.2 Å². The van der Waals surface area contributed by atoms with Crippen molar-refractivity contribution in [2.75, 3.05) is 34.0 Å². The SMILES string of the molecule is COCCOCCC(=O)N(C)C(C)C(=O)O. The molecule has 0 aliphatic rings. The number of methoxy groups -OCH3 is 1. The number of aliphatic carboxylic acids is 1. The van der Waals surface area contributed by atoms with Crippen LogP contribution in [0.5, 0.6) is 0 Å². The molecule has 0 radical (unpaired) electrons. The molecule has 6 heteroatoms. The van der Waals surface area contributed by atoms with E-state index in [9.17, 15) is 9.59 Å². The van der Waals surface area contributed by atoms with Crippen molar-refractivity contribution in [1.82, 2.24) is 4.90 Å². The van der Waals surface area contributed by atoms with Crippen LogP contribution in [0, 0.1) is 0 Å². The lowest BCUT2D eigenvalue weighted by molar-refractivity contribution is -0.148. The number of carboxylic acids is 1. The molecule has 0 bridgehead atoms. The van der Waals surface area contributed by atoms with Gasteiger partial charge in [-0.15, -0.1) is 0 Å². The highest BCUT2D eigenvalue weighted by Crippen LogP contribution is 1.99. The largest absolute Gasteiger partial charge is 0.480 e. The Morgan fingerprint density at radius 3 is 2.44 bits per heavy atom. The van der Waals surface area contributed by atoms with Gasteiger partial charge < -0.3 is 19.5 Å². The summed E-state index contributed by atoms with van der Waals surface area (Å²) in [5.41, 5.74) is 0. The third-order valence-electron chi connectivity index (χ3n) is 2.22. The fourth-order valence-electron chi connectivity index (χ4n) is 0.962. The molecule has 1 atom stereocenters. The first-order chi connectivity index (χ1) is 7.50. The monoisotopic (exact) mass is 233 g/mol. The van der Waals surface area contributed by atoms with Gasteiger partial charge in [-0.2, -0.15) is 0 Å². The predicted octanol–water partition coefficient (Wildman–Crippen LogP) is -0.0290. The van der Waals surface area contributed by atoms with E-state index in [1.165, 1.54) is 18.9 Å². The van der Waals surface area contributed by atoms with Crippen molar-refractivity contribution in [2.45, 2.75) is 19.4 Å². The fraction of sp³-hybridized carbons (Fsp3) is 0.800. The molecular formula is C10H19NO5. The molecule has 94 valence electrons. The zero-order valence-corrected chi connectivity index (χ0v) is 9.93. The molecule has 16 heavy (non-hydrogen) atoms. The molecule has 0 aromatic rings. The average Bonchev–Trinajstić information content (AvgIpc) is 2.26. The van der Waals surface area contributed by atoms with Crippen molar-refractivity contribution in [1.29, 1.82) is 0 Å². The molecule has 0 heterocycles. The normalized spacial score (nSPS) is 12.2. The summed E-state index contributed by atoms with van der Waals surface area (Å²) < 4.78 is 9.88. The fourth-order valence-corrected chi connectivity index (χ4v) is 0.962. The Morgan fingerprint density at radius 2 is 1.94 bits per heavy atom. The molecule has 0 aromatic carbocycles. The quantitative estimate of drug-likeness (QED) is 0.596. The highest BCUT2D eigenvalue weighted by Gasteiger charge is 2.20. The predicted molar refractivity (Wildman–Crippen MR) is 57.2 cm³/mol. The zero-order chi connectivity index (χ0) is 12.6. The Bertz CT molecular complexity index is 231. The van der Waals surface area contributed by atoms with Crippen LogP contribution in [0.1, 0.15) is 13.3 Å². The van der Waals surface area contributed by atoms with Crippen LogP contribution in [0.15, 0.2) is 0 Å². The van der Waals surface area contributed by atoms with Gasteiger partial charge in [0.25, 0.3) is 0 Å². The summed E-state index contributed by atoms with van der Waals surface area (Å²) in [7, 11) is 3.03. The summed E-state index contributed by atoms with van der Waals surface area (Å²) in [5.74, 6) is -1.26. The molecule has 0 spiro atoms. The number of nitrogens with zero attached hydrogens (tertiary/aromatic N) is 1. The van der Waals surface area contributed by atoms with E-state index in [1.54, 1.807) is 7.11 Å². The van der Waals surface area contributed by atoms with Gasteiger partial charge in [-0.3, -0.25) is 4.79 Å². The molecule has 0 fully saturated rings. The van der Waals surface area contributed by atoms with E-state index in [4.69, 9.17) is 14.6 Å². The van der Waals surface area contributed by atoms with Gasteiger partial charge in [0.15, 0.2) is 0 Å². The standard InChI is InChI=1S/C10H19NO5/c1-8(10(13)14)11(2)9(12)4-5-16-7-6-15-3/h8H,4-7H2,1-3H3,(H,13,14). The third kappa shape index (κ3) is 5.67.